The van der Waals surface area contributed by atoms with Crippen molar-refractivity contribution in [2.75, 3.05) is 0 Å². The Morgan fingerprint density at radius 2 is 2.00 bits per heavy atom. The monoisotopic (exact) mass is 166 g/mol. The van der Waals surface area contributed by atoms with Gasteiger partial charge in [0.2, 0.25) is 0 Å². The molecule has 0 bridgehead atoms. The maximum absolute atomic E-state index is 9.29. The molecule has 1 aromatic heterocycles. The van der Waals surface area contributed by atoms with Crippen molar-refractivity contribution in [3.8, 4) is 0 Å². The van der Waals surface area contributed by atoms with Crippen LogP contribution < -0.4 is 0 Å². The van der Waals surface area contributed by atoms with E-state index in [2.05, 4.69) is 0 Å². The number of hydrogen-bond donors (Lipinski definition) is 1. The Morgan fingerprint density at radius 1 is 1.25 bits per heavy atom. The molecule has 0 amide bonds. The summed E-state index contributed by atoms with van der Waals surface area (Å²) in [6, 6.07) is 3.96. The van der Waals surface area contributed by atoms with Crippen molar-refractivity contribution in [2.24, 2.45) is 0 Å². The molecule has 12 heavy (non-hydrogen) atoms. The first-order valence-corrected chi connectivity index (χ1v) is 4.58. The fourth-order valence-corrected chi connectivity index (χ4v) is 1.88. The summed E-state index contributed by atoms with van der Waals surface area (Å²) in [4.78, 5) is 0. The average Bonchev–Trinajstić information content (AvgIpc) is 2.58. The van der Waals surface area contributed by atoms with Crippen molar-refractivity contribution < 1.29 is 9.52 Å². The Bertz CT molecular complexity index is 220. The van der Waals surface area contributed by atoms with Crippen LogP contribution in [-0.2, 0) is 0 Å². The van der Waals surface area contributed by atoms with Gasteiger partial charge in [0.05, 0.1) is 12.4 Å². The zero-order valence-electron chi connectivity index (χ0n) is 7.07. The second kappa shape index (κ2) is 3.31. The molecule has 1 fully saturated rings. The lowest BCUT2D eigenvalue weighted by Crippen LogP contribution is -2.16. The van der Waals surface area contributed by atoms with Crippen LogP contribution in [0.25, 0.3) is 0 Å². The summed E-state index contributed by atoms with van der Waals surface area (Å²) < 4.78 is 5.33. The van der Waals surface area contributed by atoms with Gasteiger partial charge in [-0.1, -0.05) is 0 Å². The van der Waals surface area contributed by atoms with Crippen LogP contribution in [0.3, 0.4) is 0 Å². The molecule has 0 radical (unpaired) electrons. The highest BCUT2D eigenvalue weighted by atomic mass is 16.3. The lowest BCUT2D eigenvalue weighted by atomic mass is 9.86. The predicted molar refractivity (Wildman–Crippen MR) is 45.9 cm³/mol. The molecule has 1 heterocycles. The highest BCUT2D eigenvalue weighted by molar-refractivity contribution is 5.06. The molecule has 2 heteroatoms. The summed E-state index contributed by atoms with van der Waals surface area (Å²) in [6.07, 6.45) is 5.62. The topological polar surface area (TPSA) is 33.4 Å². The van der Waals surface area contributed by atoms with E-state index in [0.717, 1.165) is 31.4 Å². The molecule has 2 nitrogen and oxygen atoms in total. The number of furan rings is 1. The van der Waals surface area contributed by atoms with E-state index < -0.39 is 0 Å². The molecule has 66 valence electrons. The maximum Gasteiger partial charge on any atom is 0.106 e. The van der Waals surface area contributed by atoms with Crippen LogP contribution in [0.15, 0.2) is 22.8 Å². The largest absolute Gasteiger partial charge is 0.469 e. The molecule has 1 N–H and O–H groups in total. The summed E-state index contributed by atoms with van der Waals surface area (Å²) in [6.45, 7) is 0. The van der Waals surface area contributed by atoms with E-state index in [1.807, 2.05) is 12.1 Å². The van der Waals surface area contributed by atoms with Crippen LogP contribution in [0.5, 0.6) is 0 Å². The Labute approximate surface area is 72.2 Å². The quantitative estimate of drug-likeness (QED) is 0.694. The third-order valence-electron chi connectivity index (χ3n) is 2.64. The Balaban J connectivity index is 1.99. The summed E-state index contributed by atoms with van der Waals surface area (Å²) in [5.41, 5.74) is 0. The van der Waals surface area contributed by atoms with Gasteiger partial charge in [-0.2, -0.15) is 0 Å². The molecule has 0 spiro atoms. The van der Waals surface area contributed by atoms with Crippen LogP contribution in [0, 0.1) is 0 Å². The molecular weight excluding hydrogens is 152 g/mol. The summed E-state index contributed by atoms with van der Waals surface area (Å²) in [5, 5.41) is 9.29. The SMILES string of the molecule is OC1CCC(c2ccco2)CC1. The van der Waals surface area contributed by atoms with Crippen LogP contribution in [0.4, 0.5) is 0 Å². The van der Waals surface area contributed by atoms with Gasteiger partial charge in [-0.15, -0.1) is 0 Å². The molecule has 1 aliphatic carbocycles. The fraction of sp³-hybridized carbons (Fsp3) is 0.600. The lowest BCUT2D eigenvalue weighted by molar-refractivity contribution is 0.119. The summed E-state index contributed by atoms with van der Waals surface area (Å²) in [5.74, 6) is 1.63. The number of aliphatic hydroxyl groups excluding tert-OH is 1. The number of aliphatic hydroxyl groups is 1. The number of rotatable bonds is 1. The molecular formula is C10H14O2. The van der Waals surface area contributed by atoms with Crippen LogP contribution >= 0.6 is 0 Å². The fourth-order valence-electron chi connectivity index (χ4n) is 1.88. The maximum atomic E-state index is 9.29. The van der Waals surface area contributed by atoms with Gasteiger partial charge >= 0.3 is 0 Å². The van der Waals surface area contributed by atoms with Gasteiger partial charge in [0.1, 0.15) is 5.76 Å². The molecule has 2 rings (SSSR count). The van der Waals surface area contributed by atoms with Crippen molar-refractivity contribution in [1.29, 1.82) is 0 Å². The third kappa shape index (κ3) is 1.53. The average molecular weight is 166 g/mol. The second-order valence-corrected chi connectivity index (χ2v) is 3.52. The van der Waals surface area contributed by atoms with Crippen molar-refractivity contribution >= 4 is 0 Å². The molecule has 0 unspecified atom stereocenters. The smallest absolute Gasteiger partial charge is 0.106 e. The van der Waals surface area contributed by atoms with Crippen LogP contribution in [-0.4, -0.2) is 11.2 Å². The van der Waals surface area contributed by atoms with Gasteiger partial charge in [0.25, 0.3) is 0 Å². The van der Waals surface area contributed by atoms with Crippen LogP contribution in [0.1, 0.15) is 37.4 Å². The van der Waals surface area contributed by atoms with E-state index in [9.17, 15) is 5.11 Å². The second-order valence-electron chi connectivity index (χ2n) is 3.52. The van der Waals surface area contributed by atoms with Gasteiger partial charge in [0.15, 0.2) is 0 Å². The van der Waals surface area contributed by atoms with E-state index in [1.54, 1.807) is 6.26 Å². The zero-order chi connectivity index (χ0) is 8.39. The van der Waals surface area contributed by atoms with Gasteiger partial charge in [0, 0.05) is 5.92 Å². The zero-order valence-corrected chi connectivity index (χ0v) is 7.07. The van der Waals surface area contributed by atoms with Crippen molar-refractivity contribution in [1.82, 2.24) is 0 Å². The molecule has 0 atom stereocenters. The van der Waals surface area contributed by atoms with E-state index in [4.69, 9.17) is 4.42 Å². The molecule has 0 aliphatic heterocycles. The summed E-state index contributed by atoms with van der Waals surface area (Å²) >= 11 is 0. The Kier molecular flexibility index (Phi) is 2.17. The molecule has 1 aromatic rings. The molecule has 0 saturated heterocycles. The van der Waals surface area contributed by atoms with Gasteiger partial charge in [-0.25, -0.2) is 0 Å². The van der Waals surface area contributed by atoms with E-state index >= 15 is 0 Å². The van der Waals surface area contributed by atoms with E-state index in [0.29, 0.717) is 5.92 Å². The Hall–Kier alpha value is -0.760. The molecule has 1 aliphatic rings. The van der Waals surface area contributed by atoms with Gasteiger partial charge in [-0.05, 0) is 37.8 Å². The first-order chi connectivity index (χ1) is 5.86. The van der Waals surface area contributed by atoms with E-state index in [1.165, 1.54) is 0 Å². The minimum Gasteiger partial charge on any atom is -0.469 e. The van der Waals surface area contributed by atoms with E-state index in [-0.39, 0.29) is 6.10 Å². The van der Waals surface area contributed by atoms with Crippen molar-refractivity contribution in [2.45, 2.75) is 37.7 Å². The van der Waals surface area contributed by atoms with Gasteiger partial charge in [-0.3, -0.25) is 0 Å². The van der Waals surface area contributed by atoms with Gasteiger partial charge < -0.3 is 9.52 Å². The number of hydrogen-bond acceptors (Lipinski definition) is 2. The normalized spacial score (nSPS) is 30.4. The molecule has 0 aromatic carbocycles. The van der Waals surface area contributed by atoms with Crippen LogP contribution in [0.2, 0.25) is 0 Å². The first-order valence-electron chi connectivity index (χ1n) is 4.58. The minimum atomic E-state index is -0.0730. The standard InChI is InChI=1S/C10H14O2/c11-9-5-3-8(4-6-9)10-2-1-7-12-10/h1-2,7-9,11H,3-6H2. The summed E-state index contributed by atoms with van der Waals surface area (Å²) in [7, 11) is 0. The molecule has 1 saturated carbocycles. The Morgan fingerprint density at radius 3 is 2.58 bits per heavy atom. The van der Waals surface area contributed by atoms with Crippen molar-refractivity contribution in [3.63, 3.8) is 0 Å². The minimum absolute atomic E-state index is 0.0730. The predicted octanol–water partition coefficient (Wildman–Crippen LogP) is 2.30. The lowest BCUT2D eigenvalue weighted by Gasteiger charge is -2.23. The highest BCUT2D eigenvalue weighted by Gasteiger charge is 2.22. The highest BCUT2D eigenvalue weighted by Crippen LogP contribution is 2.32. The van der Waals surface area contributed by atoms with Crippen molar-refractivity contribution in [3.05, 3.63) is 24.2 Å². The first kappa shape index (κ1) is 7.87. The third-order valence-corrected chi connectivity index (χ3v) is 2.64.